The van der Waals surface area contributed by atoms with E-state index in [2.05, 4.69) is 10.3 Å². The zero-order chi connectivity index (χ0) is 11.7. The van der Waals surface area contributed by atoms with Gasteiger partial charge in [-0.05, 0) is 30.3 Å². The first-order chi connectivity index (χ1) is 8.33. The Kier molecular flexibility index (Phi) is 2.22. The van der Waals surface area contributed by atoms with Crippen LogP contribution in [0.5, 0.6) is 5.75 Å². The predicted molar refractivity (Wildman–Crippen MR) is 69.7 cm³/mol. The lowest BCUT2D eigenvalue weighted by molar-refractivity contribution is 0.475. The Morgan fingerprint density at radius 2 is 1.88 bits per heavy atom. The molecule has 0 spiro atoms. The van der Waals surface area contributed by atoms with Crippen LogP contribution >= 0.6 is 0 Å². The number of aromatic hydroxyl groups is 1. The van der Waals surface area contributed by atoms with E-state index >= 15 is 0 Å². The van der Waals surface area contributed by atoms with E-state index in [4.69, 9.17) is 0 Å². The lowest BCUT2D eigenvalue weighted by atomic mass is 10.2. The molecule has 3 nitrogen and oxygen atoms in total. The number of nitrogens with one attached hydrogen (secondary N) is 2. The summed E-state index contributed by atoms with van der Waals surface area (Å²) < 4.78 is 0. The number of phenols is 1. The van der Waals surface area contributed by atoms with E-state index in [-0.39, 0.29) is 5.75 Å². The molecule has 0 radical (unpaired) electrons. The van der Waals surface area contributed by atoms with Crippen LogP contribution in [0.25, 0.3) is 10.9 Å². The molecule has 3 rings (SSSR count). The monoisotopic (exact) mass is 224 g/mol. The molecule has 0 aliphatic carbocycles. The van der Waals surface area contributed by atoms with Crippen LogP contribution < -0.4 is 5.32 Å². The number of aromatic nitrogens is 1. The number of benzene rings is 2. The van der Waals surface area contributed by atoms with E-state index in [0.29, 0.717) is 0 Å². The highest BCUT2D eigenvalue weighted by Crippen LogP contribution is 2.26. The molecule has 0 fully saturated rings. The zero-order valence-electron chi connectivity index (χ0n) is 9.14. The fourth-order valence-electron chi connectivity index (χ4n) is 1.93. The van der Waals surface area contributed by atoms with E-state index in [1.54, 1.807) is 12.1 Å². The van der Waals surface area contributed by atoms with Gasteiger partial charge in [0.25, 0.3) is 0 Å². The summed E-state index contributed by atoms with van der Waals surface area (Å²) in [6, 6.07) is 15.2. The molecule has 2 aromatic carbocycles. The van der Waals surface area contributed by atoms with Gasteiger partial charge in [0.05, 0.1) is 0 Å². The number of anilines is 2. The number of aromatic amines is 1. The fourth-order valence-corrected chi connectivity index (χ4v) is 1.93. The predicted octanol–water partition coefficient (Wildman–Crippen LogP) is 3.62. The second-order valence-corrected chi connectivity index (χ2v) is 3.92. The fraction of sp³-hybridized carbons (Fsp3) is 0. The summed E-state index contributed by atoms with van der Waals surface area (Å²) in [6.07, 6.45) is 1.91. The third kappa shape index (κ3) is 1.83. The molecule has 3 heteroatoms. The second kappa shape index (κ2) is 3.87. The van der Waals surface area contributed by atoms with Gasteiger partial charge in [-0.1, -0.05) is 12.1 Å². The van der Waals surface area contributed by atoms with E-state index < -0.39 is 0 Å². The molecule has 0 aliphatic rings. The molecule has 3 N–H and O–H groups in total. The summed E-state index contributed by atoms with van der Waals surface area (Å²) in [7, 11) is 0. The van der Waals surface area contributed by atoms with Gasteiger partial charge in [0.1, 0.15) is 5.75 Å². The first kappa shape index (κ1) is 9.78. The lowest BCUT2D eigenvalue weighted by Gasteiger charge is -2.07. The van der Waals surface area contributed by atoms with Crippen LogP contribution in [-0.4, -0.2) is 10.1 Å². The number of phenolic OH excluding ortho intramolecular Hbond substituents is 1. The van der Waals surface area contributed by atoms with Gasteiger partial charge in [0.15, 0.2) is 0 Å². The maximum Gasteiger partial charge on any atom is 0.117 e. The van der Waals surface area contributed by atoms with Gasteiger partial charge >= 0.3 is 0 Å². The van der Waals surface area contributed by atoms with Crippen molar-refractivity contribution in [2.24, 2.45) is 0 Å². The third-order valence-corrected chi connectivity index (χ3v) is 2.72. The minimum Gasteiger partial charge on any atom is -0.508 e. The first-order valence-electron chi connectivity index (χ1n) is 5.45. The number of hydrogen-bond donors (Lipinski definition) is 3. The summed E-state index contributed by atoms with van der Waals surface area (Å²) in [4.78, 5) is 3.17. The lowest BCUT2D eigenvalue weighted by Crippen LogP contribution is -1.90. The van der Waals surface area contributed by atoms with Crippen LogP contribution in [0.1, 0.15) is 0 Å². The van der Waals surface area contributed by atoms with Crippen molar-refractivity contribution in [2.45, 2.75) is 0 Å². The molecule has 0 saturated carbocycles. The van der Waals surface area contributed by atoms with Crippen molar-refractivity contribution in [1.29, 1.82) is 0 Å². The van der Waals surface area contributed by atoms with Gasteiger partial charge in [-0.3, -0.25) is 0 Å². The molecule has 84 valence electrons. The Labute approximate surface area is 98.7 Å². The molecule has 0 atom stereocenters. The van der Waals surface area contributed by atoms with Crippen LogP contribution in [0.3, 0.4) is 0 Å². The standard InChI is InChI=1S/C14H12N2O/c17-11-4-1-3-10(9-11)16-14-6-2-5-13-12(14)7-8-15-13/h1-9,15-17H. The largest absolute Gasteiger partial charge is 0.508 e. The highest BCUT2D eigenvalue weighted by Gasteiger charge is 2.01. The highest BCUT2D eigenvalue weighted by molar-refractivity contribution is 5.93. The molecule has 0 unspecified atom stereocenters. The first-order valence-corrected chi connectivity index (χ1v) is 5.45. The maximum atomic E-state index is 9.42. The number of rotatable bonds is 2. The number of H-pyrrole nitrogens is 1. The average molecular weight is 224 g/mol. The molecular weight excluding hydrogens is 212 g/mol. The van der Waals surface area contributed by atoms with Gasteiger partial charge < -0.3 is 15.4 Å². The normalized spacial score (nSPS) is 10.6. The Bertz CT molecular complexity index is 658. The Morgan fingerprint density at radius 3 is 2.76 bits per heavy atom. The van der Waals surface area contributed by atoms with Gasteiger partial charge in [0.2, 0.25) is 0 Å². The van der Waals surface area contributed by atoms with E-state index in [1.165, 1.54) is 0 Å². The van der Waals surface area contributed by atoms with Crippen molar-refractivity contribution in [2.75, 3.05) is 5.32 Å². The van der Waals surface area contributed by atoms with Crippen molar-refractivity contribution in [3.05, 3.63) is 54.7 Å². The Morgan fingerprint density at radius 1 is 1.00 bits per heavy atom. The minimum absolute atomic E-state index is 0.260. The van der Waals surface area contributed by atoms with E-state index in [9.17, 15) is 5.11 Å². The van der Waals surface area contributed by atoms with Crippen LogP contribution in [0.15, 0.2) is 54.7 Å². The summed E-state index contributed by atoms with van der Waals surface area (Å²) in [5, 5.41) is 13.8. The highest BCUT2D eigenvalue weighted by atomic mass is 16.3. The smallest absolute Gasteiger partial charge is 0.117 e. The molecular formula is C14H12N2O. The molecule has 1 heterocycles. The summed E-state index contributed by atoms with van der Waals surface area (Å²) >= 11 is 0. The topological polar surface area (TPSA) is 48.0 Å². The molecule has 0 saturated heterocycles. The maximum absolute atomic E-state index is 9.42. The van der Waals surface area contributed by atoms with Crippen LogP contribution in [0.4, 0.5) is 11.4 Å². The van der Waals surface area contributed by atoms with Crippen molar-refractivity contribution in [3.8, 4) is 5.75 Å². The molecule has 0 bridgehead atoms. The SMILES string of the molecule is Oc1cccc(Nc2cccc3[nH]ccc23)c1. The third-order valence-electron chi connectivity index (χ3n) is 2.72. The van der Waals surface area contributed by atoms with Crippen molar-refractivity contribution < 1.29 is 5.11 Å². The summed E-state index contributed by atoms with van der Waals surface area (Å²) in [5.41, 5.74) is 2.99. The number of hydrogen-bond acceptors (Lipinski definition) is 2. The van der Waals surface area contributed by atoms with Crippen molar-refractivity contribution in [3.63, 3.8) is 0 Å². The zero-order valence-corrected chi connectivity index (χ0v) is 9.14. The molecule has 3 aromatic rings. The second-order valence-electron chi connectivity index (χ2n) is 3.92. The van der Waals surface area contributed by atoms with Gasteiger partial charge in [-0.15, -0.1) is 0 Å². The number of fused-ring (bicyclic) bond motifs is 1. The van der Waals surface area contributed by atoms with Gasteiger partial charge in [-0.2, -0.15) is 0 Å². The molecule has 0 amide bonds. The van der Waals surface area contributed by atoms with Gasteiger partial charge in [-0.25, -0.2) is 0 Å². The van der Waals surface area contributed by atoms with Crippen LogP contribution in [0.2, 0.25) is 0 Å². The molecule has 17 heavy (non-hydrogen) atoms. The van der Waals surface area contributed by atoms with Crippen molar-refractivity contribution >= 4 is 22.3 Å². The van der Waals surface area contributed by atoms with Crippen LogP contribution in [0, 0.1) is 0 Å². The summed E-state index contributed by atoms with van der Waals surface area (Å²) in [6.45, 7) is 0. The van der Waals surface area contributed by atoms with E-state index in [1.807, 2.05) is 42.6 Å². The Hall–Kier alpha value is -2.42. The molecule has 1 aromatic heterocycles. The van der Waals surface area contributed by atoms with E-state index in [0.717, 1.165) is 22.3 Å². The average Bonchev–Trinajstić information content (AvgIpc) is 2.78. The van der Waals surface area contributed by atoms with Gasteiger partial charge in [0, 0.05) is 34.5 Å². The van der Waals surface area contributed by atoms with Crippen molar-refractivity contribution in [1.82, 2.24) is 4.98 Å². The quantitative estimate of drug-likeness (QED) is 0.622. The minimum atomic E-state index is 0.260. The Balaban J connectivity index is 2.02. The summed E-state index contributed by atoms with van der Waals surface area (Å²) in [5.74, 6) is 0.260. The molecule has 0 aliphatic heterocycles. The van der Waals surface area contributed by atoms with Crippen LogP contribution in [-0.2, 0) is 0 Å².